The molecule has 3 rings (SSSR count). The number of phenols is 1. The molecule has 0 heterocycles. The molecule has 6 heteroatoms. The van der Waals surface area contributed by atoms with Crippen molar-refractivity contribution in [1.82, 2.24) is 10.6 Å². The van der Waals surface area contributed by atoms with Crippen LogP contribution in [0.1, 0.15) is 30.9 Å². The van der Waals surface area contributed by atoms with Crippen LogP contribution in [-0.2, 0) is 12.0 Å². The van der Waals surface area contributed by atoms with Gasteiger partial charge in [0, 0.05) is 18.5 Å². The Morgan fingerprint density at radius 3 is 2.25 bits per heavy atom. The number of methoxy groups -OCH3 is 2. The van der Waals surface area contributed by atoms with Crippen molar-refractivity contribution >= 4 is 5.96 Å². The zero-order chi connectivity index (χ0) is 20.0. The van der Waals surface area contributed by atoms with Gasteiger partial charge in [-0.15, -0.1) is 0 Å². The van der Waals surface area contributed by atoms with Crippen LogP contribution in [0, 0.1) is 0 Å². The maximum absolute atomic E-state index is 10.1. The van der Waals surface area contributed by atoms with E-state index in [1.807, 2.05) is 6.92 Å². The van der Waals surface area contributed by atoms with Crippen molar-refractivity contribution in [3.8, 4) is 17.2 Å². The number of guanidine groups is 1. The van der Waals surface area contributed by atoms with Crippen LogP contribution >= 0.6 is 0 Å². The maximum atomic E-state index is 10.1. The summed E-state index contributed by atoms with van der Waals surface area (Å²) in [5.74, 6) is 1.53. The summed E-state index contributed by atoms with van der Waals surface area (Å²) in [5.41, 5.74) is 2.49. The molecule has 150 valence electrons. The SMILES string of the molecule is CCNC(=NCc1cc(OC)c(O)c(OC)c1)NCC1(c2ccccc2)CC1. The fraction of sp³-hybridized carbons (Fsp3) is 0.409. The average molecular weight is 383 g/mol. The second-order valence-corrected chi connectivity index (χ2v) is 7.04. The van der Waals surface area contributed by atoms with Crippen molar-refractivity contribution in [3.63, 3.8) is 0 Å². The Hall–Kier alpha value is -2.89. The third-order valence-corrected chi connectivity index (χ3v) is 5.14. The molecule has 1 fully saturated rings. The van der Waals surface area contributed by atoms with Crippen molar-refractivity contribution < 1.29 is 14.6 Å². The topological polar surface area (TPSA) is 75.1 Å². The molecular weight excluding hydrogens is 354 g/mol. The third kappa shape index (κ3) is 4.50. The molecule has 3 N–H and O–H groups in total. The largest absolute Gasteiger partial charge is 0.502 e. The molecule has 1 aliphatic carbocycles. The Bertz CT molecular complexity index is 792. The number of benzene rings is 2. The second kappa shape index (κ2) is 8.87. The van der Waals surface area contributed by atoms with Gasteiger partial charge >= 0.3 is 0 Å². The van der Waals surface area contributed by atoms with E-state index in [1.54, 1.807) is 12.1 Å². The minimum Gasteiger partial charge on any atom is -0.502 e. The van der Waals surface area contributed by atoms with Crippen LogP contribution in [0.3, 0.4) is 0 Å². The van der Waals surface area contributed by atoms with Gasteiger partial charge in [-0.1, -0.05) is 30.3 Å². The first-order chi connectivity index (χ1) is 13.6. The minimum atomic E-state index is 0.00120. The Morgan fingerprint density at radius 2 is 1.71 bits per heavy atom. The van der Waals surface area contributed by atoms with Crippen molar-refractivity contribution in [2.45, 2.75) is 31.7 Å². The number of aliphatic imine (C=N–C) groups is 1. The molecule has 0 spiro atoms. The van der Waals surface area contributed by atoms with Gasteiger partial charge in [0.1, 0.15) is 0 Å². The molecule has 0 unspecified atom stereocenters. The lowest BCUT2D eigenvalue weighted by molar-refractivity contribution is 0.339. The lowest BCUT2D eigenvalue weighted by Crippen LogP contribution is -2.41. The molecule has 0 radical (unpaired) electrons. The standard InChI is InChI=1S/C22H29N3O3/c1-4-23-21(25-15-22(10-11-22)17-8-6-5-7-9-17)24-14-16-12-18(27-2)20(26)19(13-16)28-3/h5-9,12-13,26H,4,10-11,14-15H2,1-3H3,(H2,23,24,25). The average Bonchev–Trinajstić information content (AvgIpc) is 3.52. The van der Waals surface area contributed by atoms with Crippen molar-refractivity contribution in [3.05, 3.63) is 53.6 Å². The number of hydrogen-bond acceptors (Lipinski definition) is 4. The lowest BCUT2D eigenvalue weighted by Gasteiger charge is -2.19. The monoisotopic (exact) mass is 383 g/mol. The van der Waals surface area contributed by atoms with Gasteiger partial charge in [-0.3, -0.25) is 0 Å². The first kappa shape index (κ1) is 19.9. The summed E-state index contributed by atoms with van der Waals surface area (Å²) in [5, 5.41) is 16.8. The van der Waals surface area contributed by atoms with Crippen LogP contribution in [0.15, 0.2) is 47.5 Å². The van der Waals surface area contributed by atoms with E-state index >= 15 is 0 Å². The molecule has 0 bridgehead atoms. The quantitative estimate of drug-likeness (QED) is 0.482. The predicted octanol–water partition coefficient (Wildman–Crippen LogP) is 3.20. The van der Waals surface area contributed by atoms with E-state index in [9.17, 15) is 5.11 Å². The maximum Gasteiger partial charge on any atom is 0.200 e. The molecule has 0 amide bonds. The summed E-state index contributed by atoms with van der Waals surface area (Å²) < 4.78 is 10.4. The number of aromatic hydroxyl groups is 1. The van der Waals surface area contributed by atoms with Gasteiger partial charge in [0.15, 0.2) is 17.5 Å². The van der Waals surface area contributed by atoms with E-state index in [4.69, 9.17) is 14.5 Å². The highest BCUT2D eigenvalue weighted by Crippen LogP contribution is 2.47. The van der Waals surface area contributed by atoms with E-state index < -0.39 is 0 Å². The Balaban J connectivity index is 1.70. The van der Waals surface area contributed by atoms with Gasteiger partial charge in [-0.05, 0) is 43.0 Å². The molecular formula is C22H29N3O3. The molecule has 28 heavy (non-hydrogen) atoms. The van der Waals surface area contributed by atoms with E-state index in [0.29, 0.717) is 18.0 Å². The molecule has 2 aromatic carbocycles. The van der Waals surface area contributed by atoms with Gasteiger partial charge in [0.25, 0.3) is 0 Å². The van der Waals surface area contributed by atoms with Gasteiger partial charge in [0.2, 0.25) is 5.75 Å². The third-order valence-electron chi connectivity index (χ3n) is 5.14. The molecule has 0 aliphatic heterocycles. The smallest absolute Gasteiger partial charge is 0.200 e. The molecule has 2 aromatic rings. The Kier molecular flexibility index (Phi) is 6.29. The van der Waals surface area contributed by atoms with Gasteiger partial charge in [0.05, 0.1) is 20.8 Å². The minimum absolute atomic E-state index is 0.00120. The van der Waals surface area contributed by atoms with E-state index in [-0.39, 0.29) is 11.2 Å². The fourth-order valence-electron chi connectivity index (χ4n) is 3.31. The van der Waals surface area contributed by atoms with E-state index in [1.165, 1.54) is 32.6 Å². The lowest BCUT2D eigenvalue weighted by atomic mass is 9.96. The summed E-state index contributed by atoms with van der Waals surface area (Å²) in [7, 11) is 3.04. The van der Waals surface area contributed by atoms with Crippen molar-refractivity contribution in [2.75, 3.05) is 27.3 Å². The van der Waals surface area contributed by atoms with E-state index in [2.05, 4.69) is 41.0 Å². The van der Waals surface area contributed by atoms with Gasteiger partial charge < -0.3 is 25.2 Å². The summed E-state index contributed by atoms with van der Waals surface area (Å²) in [6, 6.07) is 14.2. The van der Waals surface area contributed by atoms with Crippen LogP contribution in [-0.4, -0.2) is 38.4 Å². The van der Waals surface area contributed by atoms with Crippen LogP contribution in [0.2, 0.25) is 0 Å². The van der Waals surface area contributed by atoms with Crippen LogP contribution in [0.4, 0.5) is 0 Å². The highest BCUT2D eigenvalue weighted by molar-refractivity contribution is 5.80. The first-order valence-corrected chi connectivity index (χ1v) is 9.63. The Labute approximate surface area is 166 Å². The molecule has 1 aliphatic rings. The number of nitrogens with zero attached hydrogens (tertiary/aromatic N) is 1. The number of nitrogens with one attached hydrogen (secondary N) is 2. The van der Waals surface area contributed by atoms with Crippen LogP contribution < -0.4 is 20.1 Å². The normalized spacial score (nSPS) is 15.0. The van der Waals surface area contributed by atoms with Crippen molar-refractivity contribution in [1.29, 1.82) is 0 Å². The van der Waals surface area contributed by atoms with Crippen LogP contribution in [0.25, 0.3) is 0 Å². The van der Waals surface area contributed by atoms with Crippen molar-refractivity contribution in [2.24, 2.45) is 4.99 Å². The molecule has 0 aromatic heterocycles. The number of hydrogen-bond donors (Lipinski definition) is 3. The summed E-state index contributed by atoms with van der Waals surface area (Å²) in [6.45, 7) is 4.13. The number of phenolic OH excluding ortho intramolecular Hbond substituents is 1. The highest BCUT2D eigenvalue weighted by atomic mass is 16.5. The molecule has 1 saturated carbocycles. The van der Waals surface area contributed by atoms with Crippen LogP contribution in [0.5, 0.6) is 17.2 Å². The summed E-state index contributed by atoms with van der Waals surface area (Å²) >= 11 is 0. The Morgan fingerprint density at radius 1 is 1.07 bits per heavy atom. The van der Waals surface area contributed by atoms with Gasteiger partial charge in [-0.2, -0.15) is 0 Å². The fourth-order valence-corrected chi connectivity index (χ4v) is 3.31. The summed E-state index contributed by atoms with van der Waals surface area (Å²) in [4.78, 5) is 4.69. The first-order valence-electron chi connectivity index (χ1n) is 9.63. The predicted molar refractivity (Wildman–Crippen MR) is 111 cm³/mol. The number of rotatable bonds is 8. The number of ether oxygens (including phenoxy) is 2. The zero-order valence-electron chi connectivity index (χ0n) is 16.8. The zero-order valence-corrected chi connectivity index (χ0v) is 16.8. The van der Waals surface area contributed by atoms with E-state index in [0.717, 1.165) is 24.6 Å². The molecule has 0 saturated heterocycles. The molecule has 0 atom stereocenters. The van der Waals surface area contributed by atoms with Gasteiger partial charge in [-0.25, -0.2) is 4.99 Å². The second-order valence-electron chi connectivity index (χ2n) is 7.04. The summed E-state index contributed by atoms with van der Waals surface area (Å²) in [6.07, 6.45) is 2.38. The highest BCUT2D eigenvalue weighted by Gasteiger charge is 2.43. The molecule has 6 nitrogen and oxygen atoms in total.